The lowest BCUT2D eigenvalue weighted by molar-refractivity contribution is -0.152. The molecule has 2 amide bonds. The minimum atomic E-state index is -0.756. The number of esters is 1. The van der Waals surface area contributed by atoms with Crippen LogP contribution >= 0.6 is 11.6 Å². The summed E-state index contributed by atoms with van der Waals surface area (Å²) < 4.78 is 5.02. The highest BCUT2D eigenvalue weighted by molar-refractivity contribution is 6.30. The molecule has 4 aliphatic carbocycles. The van der Waals surface area contributed by atoms with E-state index < -0.39 is 19.1 Å². The molecule has 0 aromatic heterocycles. The fourth-order valence-electron chi connectivity index (χ4n) is 5.21. The van der Waals surface area contributed by atoms with Crippen LogP contribution < -0.4 is 0 Å². The fraction of sp³-hybridized carbons (Fsp3) is 0.429. The zero-order valence-electron chi connectivity index (χ0n) is 14.9. The van der Waals surface area contributed by atoms with Crippen LogP contribution in [0.2, 0.25) is 5.02 Å². The summed E-state index contributed by atoms with van der Waals surface area (Å²) in [5.74, 6) is -1.11. The van der Waals surface area contributed by atoms with Gasteiger partial charge in [0.1, 0.15) is 6.54 Å². The number of carbonyl (C=O) groups excluding carboxylic acids is 4. The Balaban J connectivity index is 1.21. The van der Waals surface area contributed by atoms with E-state index in [9.17, 15) is 19.2 Å². The second kappa shape index (κ2) is 6.27. The van der Waals surface area contributed by atoms with Gasteiger partial charge >= 0.3 is 5.97 Å². The predicted molar refractivity (Wildman–Crippen MR) is 98.2 cm³/mol. The van der Waals surface area contributed by atoms with Gasteiger partial charge in [-0.25, -0.2) is 0 Å². The van der Waals surface area contributed by atoms with Crippen LogP contribution in [0.3, 0.4) is 0 Å². The van der Waals surface area contributed by atoms with Crippen LogP contribution in [-0.4, -0.2) is 41.6 Å². The number of allylic oxidation sites excluding steroid dienone is 2. The summed E-state index contributed by atoms with van der Waals surface area (Å²) in [6, 6.07) is 6.25. The molecule has 6 atom stereocenters. The van der Waals surface area contributed by atoms with Crippen LogP contribution in [0.5, 0.6) is 0 Å². The van der Waals surface area contributed by atoms with Crippen molar-refractivity contribution < 1.29 is 23.9 Å². The number of benzene rings is 1. The first-order valence-electron chi connectivity index (χ1n) is 9.43. The third-order valence-corrected chi connectivity index (χ3v) is 6.82. The van der Waals surface area contributed by atoms with Gasteiger partial charge in [0.05, 0.1) is 11.8 Å². The quantitative estimate of drug-likeness (QED) is 0.328. The van der Waals surface area contributed by atoms with Crippen molar-refractivity contribution in [1.29, 1.82) is 0 Å². The summed E-state index contributed by atoms with van der Waals surface area (Å²) in [6.45, 7) is -0.881. The molecule has 1 saturated heterocycles. The van der Waals surface area contributed by atoms with Gasteiger partial charge in [-0.15, -0.1) is 0 Å². The Morgan fingerprint density at radius 1 is 1.00 bits per heavy atom. The first kappa shape index (κ1) is 17.6. The summed E-state index contributed by atoms with van der Waals surface area (Å²) in [4.78, 5) is 50.9. The Hall–Kier alpha value is -2.47. The number of Topliss-reactive ketones (excluding diaryl/α,β-unsaturated/α-hetero) is 1. The second-order valence-electron chi connectivity index (χ2n) is 8.01. The maximum Gasteiger partial charge on any atom is 0.326 e. The first-order chi connectivity index (χ1) is 13.5. The molecule has 3 fully saturated rings. The summed E-state index contributed by atoms with van der Waals surface area (Å²) in [6.07, 6.45) is 5.25. The van der Waals surface area contributed by atoms with E-state index in [1.807, 2.05) is 0 Å². The van der Waals surface area contributed by atoms with Gasteiger partial charge in [-0.1, -0.05) is 23.8 Å². The molecule has 144 valence electrons. The predicted octanol–water partition coefficient (Wildman–Crippen LogP) is 2.12. The highest BCUT2D eigenvalue weighted by Gasteiger charge is 2.67. The summed E-state index contributed by atoms with van der Waals surface area (Å²) in [5.41, 5.74) is 0.374. The standard InChI is InChI=1S/C21H18ClNO5/c22-11-3-1-10(2-4-11)16(24)9-28-17(25)8-23-20(26)18-12-5-6-13(15-7-14(12)15)19(18)21(23)27/h1-6,12-15,18-19H,7-9H2/t12-,13-,14-,15-,18+,19+/m0/s1. The van der Waals surface area contributed by atoms with Crippen molar-refractivity contribution in [2.45, 2.75) is 6.42 Å². The monoisotopic (exact) mass is 399 g/mol. The van der Waals surface area contributed by atoms with Crippen molar-refractivity contribution in [2.24, 2.45) is 35.5 Å². The van der Waals surface area contributed by atoms with Gasteiger partial charge in [0.25, 0.3) is 0 Å². The smallest absolute Gasteiger partial charge is 0.326 e. The number of amides is 2. The number of rotatable bonds is 5. The van der Waals surface area contributed by atoms with Crippen LogP contribution in [0, 0.1) is 35.5 Å². The van der Waals surface area contributed by atoms with Gasteiger partial charge in [-0.05, 0) is 54.4 Å². The first-order valence-corrected chi connectivity index (χ1v) is 9.81. The number of hydrogen-bond acceptors (Lipinski definition) is 5. The molecule has 0 unspecified atom stereocenters. The van der Waals surface area contributed by atoms with E-state index >= 15 is 0 Å². The molecule has 2 bridgehead atoms. The number of halogens is 1. The minimum absolute atomic E-state index is 0.115. The van der Waals surface area contributed by atoms with Crippen molar-refractivity contribution in [3.63, 3.8) is 0 Å². The normalized spacial score (nSPS) is 34.2. The Morgan fingerprint density at radius 3 is 2.14 bits per heavy atom. The lowest BCUT2D eigenvalue weighted by Crippen LogP contribution is -2.40. The van der Waals surface area contributed by atoms with Crippen LogP contribution in [-0.2, 0) is 19.1 Å². The molecular weight excluding hydrogens is 382 g/mol. The number of nitrogens with zero attached hydrogens (tertiary/aromatic N) is 1. The largest absolute Gasteiger partial charge is 0.456 e. The van der Waals surface area contributed by atoms with Crippen molar-refractivity contribution in [3.05, 3.63) is 47.0 Å². The number of likely N-dealkylation sites (tertiary alicyclic amines) is 1. The maximum absolute atomic E-state index is 12.8. The molecule has 5 aliphatic rings. The van der Waals surface area contributed by atoms with E-state index in [2.05, 4.69) is 12.2 Å². The third-order valence-electron chi connectivity index (χ3n) is 6.57. The van der Waals surface area contributed by atoms with Crippen LogP contribution in [0.4, 0.5) is 0 Å². The topological polar surface area (TPSA) is 80.8 Å². The molecule has 1 heterocycles. The summed E-state index contributed by atoms with van der Waals surface area (Å²) in [5, 5.41) is 0.502. The van der Waals surface area contributed by atoms with Crippen LogP contribution in [0.15, 0.2) is 36.4 Å². The number of hydrogen-bond donors (Lipinski definition) is 0. The van der Waals surface area contributed by atoms with E-state index in [4.69, 9.17) is 16.3 Å². The molecule has 2 saturated carbocycles. The zero-order valence-corrected chi connectivity index (χ0v) is 15.7. The van der Waals surface area contributed by atoms with Gasteiger partial charge < -0.3 is 4.74 Å². The van der Waals surface area contributed by atoms with E-state index in [-0.39, 0.29) is 41.3 Å². The number of carbonyl (C=O) groups is 4. The van der Waals surface area contributed by atoms with E-state index in [0.29, 0.717) is 22.4 Å². The molecule has 1 aromatic carbocycles. The molecule has 28 heavy (non-hydrogen) atoms. The Bertz CT molecular complexity index is 887. The summed E-state index contributed by atoms with van der Waals surface area (Å²) in [7, 11) is 0. The van der Waals surface area contributed by atoms with E-state index in [1.165, 1.54) is 0 Å². The van der Waals surface area contributed by atoms with Gasteiger partial charge in [-0.2, -0.15) is 0 Å². The van der Waals surface area contributed by atoms with E-state index in [0.717, 1.165) is 11.3 Å². The SMILES string of the molecule is O=C(CN1C(=O)[C@@H]2[C@H]3C=C[C@@H]([C@@H]4C[C@@H]34)[C@H]2C1=O)OCC(=O)c1ccc(Cl)cc1. The second-order valence-corrected chi connectivity index (χ2v) is 8.44. The van der Waals surface area contributed by atoms with Crippen molar-refractivity contribution >= 4 is 35.2 Å². The fourth-order valence-corrected chi connectivity index (χ4v) is 5.34. The van der Waals surface area contributed by atoms with Gasteiger partial charge in [0, 0.05) is 10.6 Å². The van der Waals surface area contributed by atoms with Crippen LogP contribution in [0.1, 0.15) is 16.8 Å². The number of ether oxygens (including phenoxy) is 1. The molecule has 6 rings (SSSR count). The molecule has 6 nitrogen and oxygen atoms in total. The minimum Gasteiger partial charge on any atom is -0.456 e. The van der Waals surface area contributed by atoms with Crippen molar-refractivity contribution in [1.82, 2.24) is 4.90 Å². The maximum atomic E-state index is 12.8. The van der Waals surface area contributed by atoms with Gasteiger partial charge in [0.15, 0.2) is 12.4 Å². The average molecular weight is 400 g/mol. The molecule has 1 aromatic rings. The summed E-state index contributed by atoms with van der Waals surface area (Å²) >= 11 is 5.78. The number of imide groups is 1. The average Bonchev–Trinajstić information content (AvgIpc) is 3.48. The van der Waals surface area contributed by atoms with Crippen LogP contribution in [0.25, 0.3) is 0 Å². The Kier molecular flexibility index (Phi) is 3.95. The lowest BCUT2D eigenvalue weighted by atomic mass is 9.63. The highest BCUT2D eigenvalue weighted by Crippen LogP contribution is 2.65. The van der Waals surface area contributed by atoms with Crippen molar-refractivity contribution in [3.8, 4) is 0 Å². The molecule has 1 aliphatic heterocycles. The molecule has 0 spiro atoms. The van der Waals surface area contributed by atoms with Crippen molar-refractivity contribution in [2.75, 3.05) is 13.2 Å². The third kappa shape index (κ3) is 2.62. The number of ketones is 1. The molecule has 7 heteroatoms. The van der Waals surface area contributed by atoms with Gasteiger partial charge in [0.2, 0.25) is 11.8 Å². The van der Waals surface area contributed by atoms with E-state index in [1.54, 1.807) is 24.3 Å². The molecule has 0 radical (unpaired) electrons. The Morgan fingerprint density at radius 2 is 1.57 bits per heavy atom. The molecule has 0 N–H and O–H groups in total. The molecular formula is C21H18ClNO5. The lowest BCUT2D eigenvalue weighted by Gasteiger charge is -2.37. The highest BCUT2D eigenvalue weighted by atomic mass is 35.5. The Labute approximate surface area is 166 Å². The van der Waals surface area contributed by atoms with Gasteiger partial charge in [-0.3, -0.25) is 24.1 Å². The zero-order chi connectivity index (χ0) is 19.6.